The fraction of sp³-hybridized carbons (Fsp3) is 0.500. The standard InChI is InChI=1S/C14H19ClN2O3S/c1-10-5-7-17(8-6-10)14(18)12-9-11(15)3-4-13(12)16-21(2,19)20/h3-4,9-10,16H,5-8H2,1-2H3. The molecule has 1 aromatic carbocycles. The molecule has 21 heavy (non-hydrogen) atoms. The summed E-state index contributed by atoms with van der Waals surface area (Å²) in [6, 6.07) is 4.59. The van der Waals surface area contributed by atoms with Crippen molar-refractivity contribution in [1.29, 1.82) is 0 Å². The maximum absolute atomic E-state index is 12.6. The summed E-state index contributed by atoms with van der Waals surface area (Å²) < 4.78 is 25.2. The average Bonchev–Trinajstić information content (AvgIpc) is 2.39. The number of benzene rings is 1. The van der Waals surface area contributed by atoms with E-state index < -0.39 is 10.0 Å². The zero-order valence-corrected chi connectivity index (χ0v) is 13.7. The van der Waals surface area contributed by atoms with Crippen molar-refractivity contribution in [3.8, 4) is 0 Å². The van der Waals surface area contributed by atoms with E-state index >= 15 is 0 Å². The SMILES string of the molecule is CC1CCN(C(=O)c2cc(Cl)ccc2NS(C)(=O)=O)CC1. The molecule has 1 amide bonds. The number of amides is 1. The lowest BCUT2D eigenvalue weighted by atomic mass is 9.98. The minimum Gasteiger partial charge on any atom is -0.339 e. The van der Waals surface area contributed by atoms with Crippen LogP contribution < -0.4 is 4.72 Å². The van der Waals surface area contributed by atoms with Gasteiger partial charge in [0.05, 0.1) is 17.5 Å². The number of hydrogen-bond donors (Lipinski definition) is 1. The number of piperidine rings is 1. The number of nitrogens with one attached hydrogen (secondary N) is 1. The van der Waals surface area contributed by atoms with Crippen LogP contribution in [0.15, 0.2) is 18.2 Å². The van der Waals surface area contributed by atoms with Crippen molar-refractivity contribution in [1.82, 2.24) is 4.90 Å². The first kappa shape index (κ1) is 16.1. The van der Waals surface area contributed by atoms with Gasteiger partial charge in [-0.3, -0.25) is 9.52 Å². The molecule has 1 heterocycles. The molecule has 2 rings (SSSR count). The van der Waals surface area contributed by atoms with E-state index in [0.717, 1.165) is 19.1 Å². The van der Waals surface area contributed by atoms with E-state index in [1.54, 1.807) is 11.0 Å². The van der Waals surface area contributed by atoms with Crippen LogP contribution in [0.5, 0.6) is 0 Å². The van der Waals surface area contributed by atoms with Gasteiger partial charge in [0.1, 0.15) is 0 Å². The summed E-state index contributed by atoms with van der Waals surface area (Å²) in [5, 5.41) is 0.405. The fourth-order valence-electron chi connectivity index (χ4n) is 2.36. The van der Waals surface area contributed by atoms with Gasteiger partial charge in [0, 0.05) is 18.1 Å². The molecule has 1 N–H and O–H groups in total. The number of sulfonamides is 1. The summed E-state index contributed by atoms with van der Waals surface area (Å²) >= 11 is 5.95. The number of anilines is 1. The van der Waals surface area contributed by atoms with Gasteiger partial charge >= 0.3 is 0 Å². The molecule has 0 saturated carbocycles. The smallest absolute Gasteiger partial charge is 0.256 e. The molecule has 0 unspecified atom stereocenters. The number of rotatable bonds is 3. The Morgan fingerprint density at radius 3 is 2.52 bits per heavy atom. The van der Waals surface area contributed by atoms with Crippen LogP contribution >= 0.6 is 11.6 Å². The summed E-state index contributed by atoms with van der Waals surface area (Å²) in [5.74, 6) is 0.428. The number of likely N-dealkylation sites (tertiary alicyclic amines) is 1. The van der Waals surface area contributed by atoms with Crippen LogP contribution in [0.3, 0.4) is 0 Å². The topological polar surface area (TPSA) is 66.5 Å². The Bertz CT molecular complexity index is 638. The summed E-state index contributed by atoms with van der Waals surface area (Å²) in [4.78, 5) is 14.3. The quantitative estimate of drug-likeness (QED) is 0.926. The second-order valence-electron chi connectivity index (χ2n) is 5.54. The third kappa shape index (κ3) is 4.35. The molecule has 0 spiro atoms. The third-order valence-corrected chi connectivity index (χ3v) is 4.40. The molecule has 0 bridgehead atoms. The normalized spacial score (nSPS) is 16.8. The number of nitrogens with zero attached hydrogens (tertiary/aromatic N) is 1. The van der Waals surface area contributed by atoms with Crippen molar-refractivity contribution in [2.45, 2.75) is 19.8 Å². The maximum Gasteiger partial charge on any atom is 0.256 e. The summed E-state index contributed by atoms with van der Waals surface area (Å²) in [6.07, 6.45) is 2.97. The Hall–Kier alpha value is -1.27. The minimum atomic E-state index is -3.45. The Morgan fingerprint density at radius 2 is 1.95 bits per heavy atom. The van der Waals surface area contributed by atoms with Gasteiger partial charge in [-0.2, -0.15) is 0 Å². The van der Waals surface area contributed by atoms with Crippen molar-refractivity contribution < 1.29 is 13.2 Å². The maximum atomic E-state index is 12.6. The molecule has 7 heteroatoms. The number of carbonyl (C=O) groups excluding carboxylic acids is 1. The lowest BCUT2D eigenvalue weighted by Gasteiger charge is -2.30. The monoisotopic (exact) mass is 330 g/mol. The predicted molar refractivity (Wildman–Crippen MR) is 84.2 cm³/mol. The highest BCUT2D eigenvalue weighted by molar-refractivity contribution is 7.92. The Balaban J connectivity index is 2.29. The molecule has 1 aromatic rings. The van der Waals surface area contributed by atoms with Gasteiger partial charge in [-0.1, -0.05) is 18.5 Å². The molecule has 0 radical (unpaired) electrons. The largest absolute Gasteiger partial charge is 0.339 e. The molecule has 0 aromatic heterocycles. The van der Waals surface area contributed by atoms with Crippen LogP contribution in [0, 0.1) is 5.92 Å². The van der Waals surface area contributed by atoms with Gasteiger partial charge in [-0.05, 0) is 37.0 Å². The minimum absolute atomic E-state index is 0.185. The van der Waals surface area contributed by atoms with Crippen LogP contribution in [0.4, 0.5) is 5.69 Å². The van der Waals surface area contributed by atoms with Gasteiger partial charge in [-0.15, -0.1) is 0 Å². The van der Waals surface area contributed by atoms with Crippen LogP contribution in [0.2, 0.25) is 5.02 Å². The van der Waals surface area contributed by atoms with Crippen LogP contribution in [-0.4, -0.2) is 38.6 Å². The van der Waals surface area contributed by atoms with E-state index in [9.17, 15) is 13.2 Å². The predicted octanol–water partition coefficient (Wildman–Crippen LogP) is 2.58. The molecule has 1 aliphatic rings. The number of hydrogen-bond acceptors (Lipinski definition) is 3. The lowest BCUT2D eigenvalue weighted by Crippen LogP contribution is -2.38. The van der Waals surface area contributed by atoms with Gasteiger partial charge in [0.2, 0.25) is 10.0 Å². The second kappa shape index (κ2) is 6.23. The third-order valence-electron chi connectivity index (χ3n) is 3.58. The number of halogens is 1. The van der Waals surface area contributed by atoms with E-state index in [0.29, 0.717) is 29.6 Å². The molecule has 1 saturated heterocycles. The molecule has 1 aliphatic heterocycles. The van der Waals surface area contributed by atoms with E-state index in [4.69, 9.17) is 11.6 Å². The summed E-state index contributed by atoms with van der Waals surface area (Å²) in [7, 11) is -3.45. The van der Waals surface area contributed by atoms with Gasteiger partial charge in [0.15, 0.2) is 0 Å². The van der Waals surface area contributed by atoms with Gasteiger partial charge in [-0.25, -0.2) is 8.42 Å². The Labute approximate surface area is 130 Å². The summed E-state index contributed by atoms with van der Waals surface area (Å²) in [6.45, 7) is 3.54. The molecular formula is C14H19ClN2O3S. The molecule has 0 aliphatic carbocycles. The van der Waals surface area contributed by atoms with E-state index in [1.807, 2.05) is 0 Å². The van der Waals surface area contributed by atoms with Crippen molar-refractivity contribution in [2.24, 2.45) is 5.92 Å². The van der Waals surface area contributed by atoms with Crippen LogP contribution in [0.1, 0.15) is 30.1 Å². The van der Waals surface area contributed by atoms with Crippen molar-refractivity contribution in [2.75, 3.05) is 24.1 Å². The lowest BCUT2D eigenvalue weighted by molar-refractivity contribution is 0.0698. The van der Waals surface area contributed by atoms with Crippen molar-refractivity contribution in [3.63, 3.8) is 0 Å². The fourth-order valence-corrected chi connectivity index (χ4v) is 3.11. The average molecular weight is 331 g/mol. The van der Waals surface area contributed by atoms with E-state index in [2.05, 4.69) is 11.6 Å². The number of carbonyl (C=O) groups is 1. The molecule has 0 atom stereocenters. The first-order valence-electron chi connectivity index (χ1n) is 6.83. The summed E-state index contributed by atoms with van der Waals surface area (Å²) in [5.41, 5.74) is 0.563. The first-order chi connectivity index (χ1) is 9.76. The van der Waals surface area contributed by atoms with Crippen molar-refractivity contribution in [3.05, 3.63) is 28.8 Å². The highest BCUT2D eigenvalue weighted by atomic mass is 35.5. The molecule has 116 valence electrons. The Kier molecular flexibility index (Phi) is 4.78. The molecule has 5 nitrogen and oxygen atoms in total. The second-order valence-corrected chi connectivity index (χ2v) is 7.72. The first-order valence-corrected chi connectivity index (χ1v) is 9.10. The Morgan fingerprint density at radius 1 is 1.33 bits per heavy atom. The van der Waals surface area contributed by atoms with E-state index in [1.165, 1.54) is 12.1 Å². The highest BCUT2D eigenvalue weighted by Crippen LogP contribution is 2.25. The molecule has 1 fully saturated rings. The van der Waals surface area contributed by atoms with Crippen LogP contribution in [0.25, 0.3) is 0 Å². The highest BCUT2D eigenvalue weighted by Gasteiger charge is 2.24. The van der Waals surface area contributed by atoms with Crippen molar-refractivity contribution >= 4 is 33.2 Å². The zero-order valence-electron chi connectivity index (χ0n) is 12.1. The van der Waals surface area contributed by atoms with E-state index in [-0.39, 0.29) is 11.6 Å². The van der Waals surface area contributed by atoms with Gasteiger partial charge < -0.3 is 4.90 Å². The van der Waals surface area contributed by atoms with Gasteiger partial charge in [0.25, 0.3) is 5.91 Å². The van der Waals surface area contributed by atoms with Crippen LogP contribution in [-0.2, 0) is 10.0 Å². The molecular weight excluding hydrogens is 312 g/mol. The zero-order chi connectivity index (χ0) is 15.6.